The van der Waals surface area contributed by atoms with Gasteiger partial charge in [-0.05, 0) is 36.2 Å². The molecule has 2 rings (SSSR count). The Labute approximate surface area is 129 Å². The van der Waals surface area contributed by atoms with Gasteiger partial charge in [0.25, 0.3) is 5.56 Å². The van der Waals surface area contributed by atoms with E-state index in [0.717, 1.165) is 12.2 Å². The first-order valence-electron chi connectivity index (χ1n) is 7.18. The number of rotatable bonds is 4. The van der Waals surface area contributed by atoms with Crippen molar-refractivity contribution in [3.63, 3.8) is 0 Å². The van der Waals surface area contributed by atoms with Crippen LogP contribution in [0.1, 0.15) is 39.3 Å². The minimum absolute atomic E-state index is 0.0415. The van der Waals surface area contributed by atoms with Crippen LogP contribution in [-0.2, 0) is 13.6 Å². The highest BCUT2D eigenvalue weighted by atomic mass is 32.1. The van der Waals surface area contributed by atoms with E-state index >= 15 is 0 Å². The number of pyridine rings is 1. The normalized spacial score (nSPS) is 11.6. The number of aromatic amines is 1. The number of aromatic nitrogens is 4. The summed E-state index contributed by atoms with van der Waals surface area (Å²) in [4.78, 5) is 12.6. The maximum absolute atomic E-state index is 12.6. The zero-order valence-electron chi connectivity index (χ0n) is 13.2. The fourth-order valence-corrected chi connectivity index (χ4v) is 2.66. The Morgan fingerprint density at radius 3 is 2.52 bits per heavy atom. The molecule has 2 heterocycles. The topological polar surface area (TPSA) is 55.6 Å². The summed E-state index contributed by atoms with van der Waals surface area (Å²) in [5, 5.41) is 7.04. The fourth-order valence-electron chi connectivity index (χ4n) is 2.46. The molecule has 0 aliphatic carbocycles. The van der Waals surface area contributed by atoms with E-state index in [0.29, 0.717) is 28.0 Å². The number of hydrogen-bond acceptors (Lipinski definition) is 3. The second-order valence-corrected chi connectivity index (χ2v) is 6.43. The molecule has 21 heavy (non-hydrogen) atoms. The van der Waals surface area contributed by atoms with Gasteiger partial charge >= 0.3 is 0 Å². The summed E-state index contributed by atoms with van der Waals surface area (Å²) in [5.74, 6) is 1.34. The monoisotopic (exact) mass is 306 g/mol. The van der Waals surface area contributed by atoms with E-state index in [1.165, 1.54) is 0 Å². The van der Waals surface area contributed by atoms with Gasteiger partial charge in [-0.15, -0.1) is 0 Å². The zero-order chi connectivity index (χ0) is 15.7. The minimum Gasteiger partial charge on any atom is -0.315 e. The molecule has 5 nitrogen and oxygen atoms in total. The predicted molar refractivity (Wildman–Crippen MR) is 87.0 cm³/mol. The molecule has 0 aliphatic rings. The van der Waals surface area contributed by atoms with Crippen molar-refractivity contribution in [3.8, 4) is 11.4 Å². The lowest BCUT2D eigenvalue weighted by Crippen LogP contribution is -2.23. The van der Waals surface area contributed by atoms with Crippen molar-refractivity contribution in [2.24, 2.45) is 13.0 Å². The van der Waals surface area contributed by atoms with E-state index in [1.54, 1.807) is 11.6 Å². The average Bonchev–Trinajstić information content (AvgIpc) is 2.73. The van der Waals surface area contributed by atoms with Gasteiger partial charge in [-0.3, -0.25) is 14.5 Å². The number of H-pyrrole nitrogens is 1. The fraction of sp³-hybridized carbons (Fsp3) is 0.533. The Bertz CT molecular complexity index is 752. The van der Waals surface area contributed by atoms with E-state index in [1.807, 2.05) is 16.7 Å². The average molecular weight is 306 g/mol. The third-order valence-corrected chi connectivity index (χ3v) is 3.79. The van der Waals surface area contributed by atoms with Crippen LogP contribution in [0.2, 0.25) is 0 Å². The van der Waals surface area contributed by atoms with Crippen molar-refractivity contribution >= 4 is 12.2 Å². The van der Waals surface area contributed by atoms with Crippen LogP contribution >= 0.6 is 12.2 Å². The SMILES string of the molecule is CC(C)Cn1c(-c2ccc(C(C)C)n(C)c2=O)n[nH]c1=S. The van der Waals surface area contributed by atoms with E-state index < -0.39 is 0 Å². The summed E-state index contributed by atoms with van der Waals surface area (Å²) >= 11 is 5.27. The molecule has 6 heteroatoms. The van der Waals surface area contributed by atoms with Gasteiger partial charge in [0, 0.05) is 19.3 Å². The van der Waals surface area contributed by atoms with Gasteiger partial charge in [-0.25, -0.2) is 0 Å². The highest BCUT2D eigenvalue weighted by molar-refractivity contribution is 7.71. The molecular weight excluding hydrogens is 284 g/mol. The summed E-state index contributed by atoms with van der Waals surface area (Å²) in [6.07, 6.45) is 0. The Hall–Kier alpha value is -1.69. The summed E-state index contributed by atoms with van der Waals surface area (Å²) in [5.41, 5.74) is 1.54. The molecule has 1 N–H and O–H groups in total. The van der Waals surface area contributed by atoms with E-state index in [4.69, 9.17) is 12.2 Å². The van der Waals surface area contributed by atoms with E-state index in [-0.39, 0.29) is 5.56 Å². The molecule has 0 amide bonds. The highest BCUT2D eigenvalue weighted by Gasteiger charge is 2.16. The number of nitrogens with one attached hydrogen (secondary N) is 1. The second kappa shape index (κ2) is 5.97. The van der Waals surface area contributed by atoms with Gasteiger partial charge in [0.15, 0.2) is 10.6 Å². The van der Waals surface area contributed by atoms with E-state index in [9.17, 15) is 4.79 Å². The molecule has 0 saturated carbocycles. The van der Waals surface area contributed by atoms with E-state index in [2.05, 4.69) is 37.9 Å². The van der Waals surface area contributed by atoms with Crippen molar-refractivity contribution < 1.29 is 0 Å². The third kappa shape index (κ3) is 3.00. The highest BCUT2D eigenvalue weighted by Crippen LogP contribution is 2.18. The maximum Gasteiger partial charge on any atom is 0.261 e. The van der Waals surface area contributed by atoms with Gasteiger partial charge in [-0.1, -0.05) is 27.7 Å². The molecule has 0 fully saturated rings. The molecule has 0 atom stereocenters. The Morgan fingerprint density at radius 2 is 1.95 bits per heavy atom. The molecule has 0 unspecified atom stereocenters. The summed E-state index contributed by atoms with van der Waals surface area (Å²) in [6.45, 7) is 9.10. The number of nitrogens with zero attached hydrogens (tertiary/aromatic N) is 3. The van der Waals surface area contributed by atoms with Crippen LogP contribution in [0.25, 0.3) is 11.4 Å². The standard InChI is InChI=1S/C15H22N4OS/c1-9(2)8-19-13(16-17-15(19)21)11-6-7-12(10(3)4)18(5)14(11)20/h6-7,9-10H,8H2,1-5H3,(H,17,21). The van der Waals surface area contributed by atoms with Gasteiger partial charge in [0.05, 0.1) is 5.56 Å². The number of hydrogen-bond donors (Lipinski definition) is 1. The lowest BCUT2D eigenvalue weighted by molar-refractivity contribution is 0.521. The summed E-state index contributed by atoms with van der Waals surface area (Å²) < 4.78 is 4.14. The van der Waals surface area contributed by atoms with Crippen molar-refractivity contribution in [1.29, 1.82) is 0 Å². The third-order valence-electron chi connectivity index (χ3n) is 3.48. The zero-order valence-corrected chi connectivity index (χ0v) is 14.0. The van der Waals surface area contributed by atoms with Crippen molar-refractivity contribution in [1.82, 2.24) is 19.3 Å². The Balaban J connectivity index is 2.61. The Kier molecular flexibility index (Phi) is 4.46. The molecule has 0 aliphatic heterocycles. The second-order valence-electron chi connectivity index (χ2n) is 6.05. The summed E-state index contributed by atoms with van der Waals surface area (Å²) in [7, 11) is 1.80. The van der Waals surface area contributed by atoms with Gasteiger partial charge < -0.3 is 4.57 Å². The molecule has 2 aromatic heterocycles. The van der Waals surface area contributed by atoms with Gasteiger partial charge in [0.1, 0.15) is 0 Å². The van der Waals surface area contributed by atoms with Crippen LogP contribution in [0.3, 0.4) is 0 Å². The molecule has 0 spiro atoms. The van der Waals surface area contributed by atoms with Crippen molar-refractivity contribution in [3.05, 3.63) is 33.0 Å². The van der Waals surface area contributed by atoms with Crippen molar-refractivity contribution in [2.45, 2.75) is 40.2 Å². The Morgan fingerprint density at radius 1 is 1.29 bits per heavy atom. The molecule has 0 bridgehead atoms. The van der Waals surface area contributed by atoms with Crippen LogP contribution < -0.4 is 5.56 Å². The lowest BCUT2D eigenvalue weighted by Gasteiger charge is -2.14. The van der Waals surface area contributed by atoms with Crippen LogP contribution in [0.4, 0.5) is 0 Å². The predicted octanol–water partition coefficient (Wildman–Crippen LogP) is 3.09. The van der Waals surface area contributed by atoms with Gasteiger partial charge in [-0.2, -0.15) is 5.10 Å². The maximum atomic E-state index is 12.6. The molecule has 0 saturated heterocycles. The molecule has 0 radical (unpaired) electrons. The molecule has 114 valence electrons. The van der Waals surface area contributed by atoms with Crippen LogP contribution in [-0.4, -0.2) is 19.3 Å². The first-order valence-corrected chi connectivity index (χ1v) is 7.59. The summed E-state index contributed by atoms with van der Waals surface area (Å²) in [6, 6.07) is 3.83. The van der Waals surface area contributed by atoms with Crippen LogP contribution in [0.5, 0.6) is 0 Å². The largest absolute Gasteiger partial charge is 0.315 e. The molecular formula is C15H22N4OS. The van der Waals surface area contributed by atoms with Gasteiger partial charge in [0.2, 0.25) is 0 Å². The molecule has 0 aromatic carbocycles. The molecule has 2 aromatic rings. The van der Waals surface area contributed by atoms with Crippen molar-refractivity contribution in [2.75, 3.05) is 0 Å². The first-order chi connectivity index (χ1) is 9.82. The lowest BCUT2D eigenvalue weighted by atomic mass is 10.1. The first kappa shape index (κ1) is 15.7. The smallest absolute Gasteiger partial charge is 0.261 e. The quantitative estimate of drug-likeness (QED) is 0.883. The van der Waals surface area contributed by atoms with Crippen LogP contribution in [0, 0.1) is 10.7 Å². The van der Waals surface area contributed by atoms with Crippen LogP contribution in [0.15, 0.2) is 16.9 Å². The minimum atomic E-state index is -0.0415.